The molecule has 0 aromatic carbocycles. The Kier molecular flexibility index (Phi) is 7.29. The van der Waals surface area contributed by atoms with Crippen LogP contribution >= 0.6 is 0 Å². The van der Waals surface area contributed by atoms with Gasteiger partial charge < -0.3 is 15.4 Å². The second-order valence-electron chi connectivity index (χ2n) is 6.17. The molecule has 0 bridgehead atoms. The first-order valence-corrected chi connectivity index (χ1v) is 7.70. The molecule has 19 heavy (non-hydrogen) atoms. The van der Waals surface area contributed by atoms with Crippen molar-refractivity contribution in [3.05, 3.63) is 0 Å². The van der Waals surface area contributed by atoms with Crippen molar-refractivity contribution in [2.45, 2.75) is 50.7 Å². The van der Waals surface area contributed by atoms with Gasteiger partial charge in [-0.2, -0.15) is 0 Å². The van der Waals surface area contributed by atoms with Crippen molar-refractivity contribution in [1.29, 1.82) is 0 Å². The minimum atomic E-state index is 0.158. The quantitative estimate of drug-likeness (QED) is 0.727. The second-order valence-corrected chi connectivity index (χ2v) is 6.17. The molecule has 1 rings (SSSR count). The summed E-state index contributed by atoms with van der Waals surface area (Å²) in [6.45, 7) is 6.35. The lowest BCUT2D eigenvalue weighted by molar-refractivity contribution is -0.0238. The Labute approximate surface area is 119 Å². The van der Waals surface area contributed by atoms with Gasteiger partial charge in [-0.1, -0.05) is 6.92 Å². The topological polar surface area (TPSA) is 41.7 Å². The summed E-state index contributed by atoms with van der Waals surface area (Å²) >= 11 is 0. The van der Waals surface area contributed by atoms with Gasteiger partial charge in [0.2, 0.25) is 0 Å². The summed E-state index contributed by atoms with van der Waals surface area (Å²) in [6.07, 6.45) is 6.30. The zero-order valence-corrected chi connectivity index (χ0v) is 13.3. The van der Waals surface area contributed by atoms with Crippen LogP contribution < -0.4 is 5.73 Å². The first-order chi connectivity index (χ1) is 9.07. The Bertz CT molecular complexity index is 248. The van der Waals surface area contributed by atoms with Crippen molar-refractivity contribution in [2.75, 3.05) is 47.4 Å². The van der Waals surface area contributed by atoms with Gasteiger partial charge in [-0.15, -0.1) is 0 Å². The SMILES string of the molecule is CCCN(CCN(C)C)C1(CN)CCCC(OC)C1. The number of nitrogens with zero attached hydrogens (tertiary/aromatic N) is 2. The van der Waals surface area contributed by atoms with E-state index in [0.29, 0.717) is 6.10 Å². The fourth-order valence-corrected chi connectivity index (χ4v) is 3.27. The third-order valence-corrected chi connectivity index (χ3v) is 4.47. The van der Waals surface area contributed by atoms with Gasteiger partial charge in [-0.25, -0.2) is 0 Å². The van der Waals surface area contributed by atoms with Gasteiger partial charge in [0.05, 0.1) is 6.10 Å². The first kappa shape index (κ1) is 16.9. The molecule has 0 aliphatic heterocycles. The van der Waals surface area contributed by atoms with Crippen LogP contribution in [0.3, 0.4) is 0 Å². The molecule has 0 saturated heterocycles. The van der Waals surface area contributed by atoms with Crippen LogP contribution in [0.1, 0.15) is 39.0 Å². The van der Waals surface area contributed by atoms with E-state index in [1.807, 2.05) is 7.11 Å². The molecule has 1 aliphatic carbocycles. The Morgan fingerprint density at radius 1 is 1.26 bits per heavy atom. The molecule has 2 N–H and O–H groups in total. The van der Waals surface area contributed by atoms with Gasteiger partial charge in [0, 0.05) is 32.3 Å². The molecule has 1 saturated carbocycles. The number of hydrogen-bond acceptors (Lipinski definition) is 4. The molecule has 0 radical (unpaired) electrons. The van der Waals surface area contributed by atoms with E-state index in [1.54, 1.807) is 0 Å². The molecular formula is C15H33N3O. The maximum Gasteiger partial charge on any atom is 0.0589 e. The molecule has 0 spiro atoms. The van der Waals surface area contributed by atoms with Crippen molar-refractivity contribution in [2.24, 2.45) is 5.73 Å². The zero-order chi connectivity index (χ0) is 14.3. The molecule has 4 nitrogen and oxygen atoms in total. The van der Waals surface area contributed by atoms with Crippen LogP contribution in [-0.4, -0.2) is 68.8 Å². The van der Waals surface area contributed by atoms with E-state index in [0.717, 1.165) is 32.6 Å². The molecule has 114 valence electrons. The van der Waals surface area contributed by atoms with Crippen LogP contribution in [0.4, 0.5) is 0 Å². The van der Waals surface area contributed by atoms with Crippen LogP contribution in [0.15, 0.2) is 0 Å². The van der Waals surface area contributed by atoms with Gasteiger partial charge in [0.25, 0.3) is 0 Å². The fourth-order valence-electron chi connectivity index (χ4n) is 3.27. The lowest BCUT2D eigenvalue weighted by Crippen LogP contribution is -2.58. The van der Waals surface area contributed by atoms with Crippen LogP contribution in [0, 0.1) is 0 Å². The number of likely N-dealkylation sites (N-methyl/N-ethyl adjacent to an activating group) is 1. The predicted molar refractivity (Wildman–Crippen MR) is 81.5 cm³/mol. The molecule has 0 heterocycles. The molecule has 2 unspecified atom stereocenters. The highest BCUT2D eigenvalue weighted by Gasteiger charge is 2.39. The Balaban J connectivity index is 2.74. The van der Waals surface area contributed by atoms with Gasteiger partial charge in [-0.3, -0.25) is 4.90 Å². The normalized spacial score (nSPS) is 28.3. The maximum absolute atomic E-state index is 6.18. The van der Waals surface area contributed by atoms with E-state index in [-0.39, 0.29) is 5.54 Å². The highest BCUT2D eigenvalue weighted by molar-refractivity contribution is 4.97. The largest absolute Gasteiger partial charge is 0.381 e. The highest BCUT2D eigenvalue weighted by atomic mass is 16.5. The molecule has 0 aromatic rings. The first-order valence-electron chi connectivity index (χ1n) is 7.70. The van der Waals surface area contributed by atoms with E-state index in [2.05, 4.69) is 30.8 Å². The summed E-state index contributed by atoms with van der Waals surface area (Å²) in [7, 11) is 6.11. The Morgan fingerprint density at radius 2 is 2.00 bits per heavy atom. The third-order valence-electron chi connectivity index (χ3n) is 4.47. The summed E-state index contributed by atoms with van der Waals surface area (Å²) in [6, 6.07) is 0. The van der Waals surface area contributed by atoms with Crippen molar-refractivity contribution in [1.82, 2.24) is 9.80 Å². The van der Waals surface area contributed by atoms with E-state index in [4.69, 9.17) is 10.5 Å². The second kappa shape index (κ2) is 8.20. The minimum absolute atomic E-state index is 0.158. The van der Waals surface area contributed by atoms with Crippen molar-refractivity contribution < 1.29 is 4.74 Å². The van der Waals surface area contributed by atoms with Gasteiger partial charge in [0.15, 0.2) is 0 Å². The van der Waals surface area contributed by atoms with E-state index in [9.17, 15) is 0 Å². The van der Waals surface area contributed by atoms with E-state index in [1.165, 1.54) is 25.7 Å². The van der Waals surface area contributed by atoms with E-state index < -0.39 is 0 Å². The van der Waals surface area contributed by atoms with Crippen LogP contribution in [0.2, 0.25) is 0 Å². The molecule has 2 atom stereocenters. The smallest absolute Gasteiger partial charge is 0.0589 e. The number of rotatable bonds is 8. The average Bonchev–Trinajstić information content (AvgIpc) is 2.43. The molecule has 4 heteroatoms. The summed E-state index contributed by atoms with van der Waals surface area (Å²) in [5.74, 6) is 0. The number of nitrogens with two attached hydrogens (primary N) is 1. The van der Waals surface area contributed by atoms with Crippen LogP contribution in [0.5, 0.6) is 0 Å². The molecule has 0 amide bonds. The Morgan fingerprint density at radius 3 is 2.53 bits per heavy atom. The van der Waals surface area contributed by atoms with Crippen molar-refractivity contribution in [3.8, 4) is 0 Å². The fraction of sp³-hybridized carbons (Fsp3) is 1.00. The lowest BCUT2D eigenvalue weighted by Gasteiger charge is -2.48. The molecule has 0 aromatic heterocycles. The third kappa shape index (κ3) is 4.71. The van der Waals surface area contributed by atoms with Crippen molar-refractivity contribution in [3.63, 3.8) is 0 Å². The number of methoxy groups -OCH3 is 1. The molecular weight excluding hydrogens is 238 g/mol. The van der Waals surface area contributed by atoms with E-state index >= 15 is 0 Å². The monoisotopic (exact) mass is 271 g/mol. The summed E-state index contributed by atoms with van der Waals surface area (Å²) < 4.78 is 5.61. The Hall–Kier alpha value is -0.160. The van der Waals surface area contributed by atoms with Crippen LogP contribution in [-0.2, 0) is 4.74 Å². The van der Waals surface area contributed by atoms with Gasteiger partial charge in [0.1, 0.15) is 0 Å². The molecule has 1 fully saturated rings. The van der Waals surface area contributed by atoms with Gasteiger partial charge >= 0.3 is 0 Å². The number of hydrogen-bond donors (Lipinski definition) is 1. The van der Waals surface area contributed by atoms with Crippen LogP contribution in [0.25, 0.3) is 0 Å². The summed E-state index contributed by atoms with van der Waals surface area (Å²) in [5.41, 5.74) is 6.34. The summed E-state index contributed by atoms with van der Waals surface area (Å²) in [5, 5.41) is 0. The highest BCUT2D eigenvalue weighted by Crippen LogP contribution is 2.34. The van der Waals surface area contributed by atoms with Crippen molar-refractivity contribution >= 4 is 0 Å². The standard InChI is InChI=1S/C15H33N3O/c1-5-9-18(11-10-17(2)3)15(13-16)8-6-7-14(12-15)19-4/h14H,5-13,16H2,1-4H3. The average molecular weight is 271 g/mol. The minimum Gasteiger partial charge on any atom is -0.381 e. The maximum atomic E-state index is 6.18. The molecule has 1 aliphatic rings. The van der Waals surface area contributed by atoms with Gasteiger partial charge in [-0.05, 0) is 52.7 Å². The predicted octanol–water partition coefficient (Wildman–Crippen LogP) is 1.55. The summed E-state index contributed by atoms with van der Waals surface area (Å²) in [4.78, 5) is 4.88. The lowest BCUT2D eigenvalue weighted by atomic mass is 9.78. The zero-order valence-electron chi connectivity index (χ0n) is 13.3. The number of ether oxygens (including phenoxy) is 1.